The van der Waals surface area contributed by atoms with Gasteiger partial charge in [0.05, 0.1) is 18.3 Å². The van der Waals surface area contributed by atoms with Crippen LogP contribution in [0.4, 0.5) is 5.69 Å². The Labute approximate surface area is 204 Å². The van der Waals surface area contributed by atoms with Crippen molar-refractivity contribution < 1.29 is 9.59 Å². The average Bonchev–Trinajstić information content (AvgIpc) is 3.00. The molecule has 0 radical (unpaired) electrons. The summed E-state index contributed by atoms with van der Waals surface area (Å²) in [6, 6.07) is 3.49. The van der Waals surface area contributed by atoms with Gasteiger partial charge < -0.3 is 26.3 Å². The molecular weight excluding hydrogens is 454 g/mol. The minimum atomic E-state index is -0.248. The van der Waals surface area contributed by atoms with Crippen LogP contribution >= 0.6 is 11.6 Å². The number of anilines is 1. The number of amides is 2. The first-order valence-electron chi connectivity index (χ1n) is 11.0. The Balaban J connectivity index is 1.77. The molecule has 1 fully saturated rings. The van der Waals surface area contributed by atoms with E-state index in [-0.39, 0.29) is 35.7 Å². The van der Waals surface area contributed by atoms with E-state index >= 15 is 0 Å². The van der Waals surface area contributed by atoms with Gasteiger partial charge >= 0.3 is 0 Å². The quantitative estimate of drug-likeness (QED) is 0.250. The van der Waals surface area contributed by atoms with Gasteiger partial charge in [-0.15, -0.1) is 0 Å². The normalized spacial score (nSPS) is 14.6. The molecule has 1 aliphatic rings. The fourth-order valence-electron chi connectivity index (χ4n) is 3.90. The number of imidazole rings is 1. The van der Waals surface area contributed by atoms with Gasteiger partial charge in [0.15, 0.2) is 0 Å². The molecule has 0 spiro atoms. The maximum absolute atomic E-state index is 13.0. The highest BCUT2D eigenvalue weighted by Crippen LogP contribution is 2.33. The number of amidine groups is 1. The number of nitrogen functional groups attached to an aromatic ring is 1. The molecule has 2 amide bonds. The van der Waals surface area contributed by atoms with Crippen molar-refractivity contribution in [2.45, 2.75) is 45.7 Å². The van der Waals surface area contributed by atoms with Crippen molar-refractivity contribution in [1.29, 1.82) is 0 Å². The Morgan fingerprint density at radius 2 is 2.00 bits per heavy atom. The van der Waals surface area contributed by atoms with Gasteiger partial charge in [-0.05, 0) is 36.1 Å². The summed E-state index contributed by atoms with van der Waals surface area (Å²) in [4.78, 5) is 35.1. The summed E-state index contributed by atoms with van der Waals surface area (Å²) >= 11 is 6.38. The van der Waals surface area contributed by atoms with Crippen LogP contribution in [0, 0.1) is 6.92 Å². The molecule has 2 heterocycles. The van der Waals surface area contributed by atoms with Crippen LogP contribution in [-0.4, -0.2) is 51.2 Å². The number of carbonyl (C=O) groups is 2. The predicted octanol–water partition coefficient (Wildman–Crippen LogP) is 2.29. The molecule has 5 N–H and O–H groups in total. The fraction of sp³-hybridized carbons (Fsp3) is 0.417. The Bertz CT molecular complexity index is 1170. The first-order valence-corrected chi connectivity index (χ1v) is 11.4. The van der Waals surface area contributed by atoms with Crippen molar-refractivity contribution in [2.24, 2.45) is 17.8 Å². The minimum Gasteiger partial charge on any atom is -0.398 e. The lowest BCUT2D eigenvalue weighted by atomic mass is 9.85. The molecule has 10 heteroatoms. The lowest BCUT2D eigenvalue weighted by Crippen LogP contribution is -2.61. The maximum atomic E-state index is 13.0. The van der Waals surface area contributed by atoms with Gasteiger partial charge in [-0.3, -0.25) is 14.6 Å². The number of hydrogen-bond acceptors (Lipinski definition) is 5. The van der Waals surface area contributed by atoms with Crippen molar-refractivity contribution >= 4 is 34.9 Å². The van der Waals surface area contributed by atoms with Crippen LogP contribution in [-0.2, 0) is 23.8 Å². The molecule has 9 nitrogen and oxygen atoms in total. The summed E-state index contributed by atoms with van der Waals surface area (Å²) < 4.78 is 1.73. The highest BCUT2D eigenvalue weighted by molar-refractivity contribution is 6.32. The fourth-order valence-corrected chi connectivity index (χ4v) is 4.36. The molecule has 0 aliphatic carbocycles. The van der Waals surface area contributed by atoms with E-state index in [0.717, 1.165) is 5.56 Å². The number of nitrogens with one attached hydrogen (secondary N) is 1. The Morgan fingerprint density at radius 1 is 1.35 bits per heavy atom. The highest BCUT2D eigenvalue weighted by atomic mass is 35.5. The third-order valence-corrected chi connectivity index (χ3v) is 6.19. The Kier molecular flexibility index (Phi) is 7.07. The van der Waals surface area contributed by atoms with Crippen LogP contribution in [0.15, 0.2) is 29.8 Å². The molecular formula is C24H32ClN7O2. The molecule has 0 saturated carbocycles. The molecule has 2 aromatic rings. The SMILES string of the molecule is C=CC(=O)NC1CN(C(=O)c2c(C)nc(CN=C(N)c3cc(C(C)(C)C)c(Cl)cc3N)n2C)C1. The number of nitrogens with zero attached hydrogens (tertiary/aromatic N) is 4. The van der Waals surface area contributed by atoms with Gasteiger partial charge in [0.1, 0.15) is 17.4 Å². The lowest BCUT2D eigenvalue weighted by molar-refractivity contribution is -0.118. The van der Waals surface area contributed by atoms with Crippen LogP contribution in [0.25, 0.3) is 0 Å². The predicted molar refractivity (Wildman–Crippen MR) is 135 cm³/mol. The second-order valence-electron chi connectivity index (χ2n) is 9.51. The number of carbonyl (C=O) groups excluding carboxylic acids is 2. The minimum absolute atomic E-state index is 0.0744. The standard InChI is InChI=1S/C24H32ClN7O2/c1-7-20(33)30-14-11-32(12-14)23(34)21-13(2)29-19(31(21)6)10-28-22(27)15-8-16(24(3,4)5)17(25)9-18(15)26/h7-9,14H,1,10-12,26H2,2-6H3,(H2,27,28)(H,30,33). The molecule has 182 valence electrons. The number of hydrogen-bond donors (Lipinski definition) is 3. The van der Waals surface area contributed by atoms with E-state index in [1.165, 1.54) is 6.08 Å². The number of aromatic nitrogens is 2. The van der Waals surface area contributed by atoms with Gasteiger partial charge in [0, 0.05) is 36.4 Å². The largest absolute Gasteiger partial charge is 0.398 e. The van der Waals surface area contributed by atoms with Crippen molar-refractivity contribution in [1.82, 2.24) is 19.8 Å². The van der Waals surface area contributed by atoms with Crippen LogP contribution in [0.3, 0.4) is 0 Å². The zero-order valence-electron chi connectivity index (χ0n) is 20.3. The number of aryl methyl sites for hydroxylation is 1. The summed E-state index contributed by atoms with van der Waals surface area (Å²) in [6.07, 6.45) is 1.22. The van der Waals surface area contributed by atoms with Crippen LogP contribution < -0.4 is 16.8 Å². The molecule has 0 unspecified atom stereocenters. The summed E-state index contributed by atoms with van der Waals surface area (Å²) in [5.74, 6) is 0.486. The third-order valence-electron chi connectivity index (χ3n) is 5.88. The second-order valence-corrected chi connectivity index (χ2v) is 9.92. The highest BCUT2D eigenvalue weighted by Gasteiger charge is 2.34. The number of likely N-dealkylation sites (tertiary alicyclic amines) is 1. The molecule has 34 heavy (non-hydrogen) atoms. The molecule has 1 saturated heterocycles. The zero-order valence-corrected chi connectivity index (χ0v) is 21.0. The summed E-state index contributed by atoms with van der Waals surface area (Å²) in [5.41, 5.74) is 15.3. The van der Waals surface area contributed by atoms with Gasteiger partial charge in [-0.25, -0.2) is 4.98 Å². The first-order chi connectivity index (χ1) is 15.8. The maximum Gasteiger partial charge on any atom is 0.272 e. The van der Waals surface area contributed by atoms with Gasteiger partial charge in [-0.2, -0.15) is 0 Å². The van der Waals surface area contributed by atoms with Gasteiger partial charge in [0.25, 0.3) is 5.91 Å². The van der Waals surface area contributed by atoms with Crippen molar-refractivity contribution in [3.05, 3.63) is 58.1 Å². The van der Waals surface area contributed by atoms with Crippen LogP contribution in [0.5, 0.6) is 0 Å². The Hall–Kier alpha value is -3.33. The number of aliphatic imine (C=N–C) groups is 1. The van der Waals surface area contributed by atoms with E-state index in [9.17, 15) is 9.59 Å². The Morgan fingerprint density at radius 3 is 2.59 bits per heavy atom. The van der Waals surface area contributed by atoms with Crippen LogP contribution in [0.1, 0.15) is 53.9 Å². The van der Waals surface area contributed by atoms with Crippen molar-refractivity contribution in [3.8, 4) is 0 Å². The lowest BCUT2D eigenvalue weighted by Gasteiger charge is -2.39. The van der Waals surface area contributed by atoms with E-state index in [0.29, 0.717) is 46.6 Å². The topological polar surface area (TPSA) is 132 Å². The number of benzene rings is 1. The van der Waals surface area contributed by atoms with Crippen molar-refractivity contribution in [3.63, 3.8) is 0 Å². The molecule has 1 aromatic heterocycles. The average molecular weight is 486 g/mol. The summed E-state index contributed by atoms with van der Waals surface area (Å²) in [5, 5.41) is 3.37. The molecule has 3 rings (SSSR count). The molecule has 0 bridgehead atoms. The number of rotatable bonds is 6. The van der Waals surface area contributed by atoms with Crippen molar-refractivity contribution in [2.75, 3.05) is 18.8 Å². The zero-order chi connectivity index (χ0) is 25.4. The van der Waals surface area contributed by atoms with Crippen LogP contribution in [0.2, 0.25) is 5.02 Å². The van der Waals surface area contributed by atoms with Gasteiger partial charge in [-0.1, -0.05) is 39.0 Å². The van der Waals surface area contributed by atoms with E-state index < -0.39 is 0 Å². The van der Waals surface area contributed by atoms with E-state index in [1.807, 2.05) is 6.07 Å². The molecule has 1 aromatic carbocycles. The summed E-state index contributed by atoms with van der Waals surface area (Å²) in [7, 11) is 1.78. The third kappa shape index (κ3) is 5.09. The molecule has 0 atom stereocenters. The second kappa shape index (κ2) is 9.50. The summed E-state index contributed by atoms with van der Waals surface area (Å²) in [6.45, 7) is 12.5. The first kappa shape index (κ1) is 25.3. The monoisotopic (exact) mass is 485 g/mol. The molecule has 1 aliphatic heterocycles. The smallest absolute Gasteiger partial charge is 0.272 e. The number of nitrogens with two attached hydrogens (primary N) is 2. The van der Waals surface area contributed by atoms with E-state index in [4.69, 9.17) is 23.1 Å². The van der Waals surface area contributed by atoms with E-state index in [1.54, 1.807) is 29.5 Å². The van der Waals surface area contributed by atoms with Gasteiger partial charge in [0.2, 0.25) is 5.91 Å². The number of halogens is 1. The van der Waals surface area contributed by atoms with E-state index in [2.05, 4.69) is 42.6 Å².